The lowest BCUT2D eigenvalue weighted by atomic mass is 9.74. The molecule has 0 saturated heterocycles. The highest BCUT2D eigenvalue weighted by atomic mass is 35.5. The summed E-state index contributed by atoms with van der Waals surface area (Å²) in [5, 5.41) is 0.000664. The van der Waals surface area contributed by atoms with Crippen LogP contribution in [-0.2, 0) is 0 Å². The van der Waals surface area contributed by atoms with Gasteiger partial charge in [-0.3, -0.25) is 0 Å². The van der Waals surface area contributed by atoms with Crippen molar-refractivity contribution in [2.24, 2.45) is 5.41 Å². The first-order valence-corrected chi connectivity index (χ1v) is 5.40. The monoisotopic (exact) mass is 210 g/mol. The summed E-state index contributed by atoms with van der Waals surface area (Å²) in [7, 11) is 0. The number of hydrogen-bond donors (Lipinski definition) is 0. The Morgan fingerprint density at radius 2 is 1.67 bits per heavy atom. The van der Waals surface area contributed by atoms with Gasteiger partial charge in [0, 0.05) is 0 Å². The third-order valence-corrected chi connectivity index (χ3v) is 4.33. The molecule has 0 radical (unpaired) electrons. The molecule has 0 aromatic carbocycles. The molecule has 2 atom stereocenters. The van der Waals surface area contributed by atoms with Gasteiger partial charge in [0.25, 0.3) is 0 Å². The third kappa shape index (κ3) is 2.53. The van der Waals surface area contributed by atoms with E-state index in [9.17, 15) is 0 Å². The van der Waals surface area contributed by atoms with Crippen LogP contribution in [0.15, 0.2) is 0 Å². The Kier molecular flexibility index (Phi) is 4.40. The molecule has 0 aromatic rings. The Morgan fingerprint density at radius 1 is 1.25 bits per heavy atom. The van der Waals surface area contributed by atoms with E-state index in [-0.39, 0.29) is 15.7 Å². The van der Waals surface area contributed by atoms with Crippen LogP contribution in [0.4, 0.5) is 0 Å². The largest absolute Gasteiger partial charge is 0.121 e. The van der Waals surface area contributed by atoms with E-state index in [2.05, 4.69) is 20.8 Å². The predicted octanol–water partition coefficient (Wildman–Crippen LogP) is 4.44. The number of hydrogen-bond acceptors (Lipinski definition) is 0. The van der Waals surface area contributed by atoms with Gasteiger partial charge in [-0.1, -0.05) is 27.2 Å². The molecule has 74 valence electrons. The summed E-state index contributed by atoms with van der Waals surface area (Å²) in [5.74, 6) is 0. The molecule has 0 saturated carbocycles. The van der Waals surface area contributed by atoms with E-state index in [0.717, 1.165) is 12.8 Å². The lowest BCUT2D eigenvalue weighted by Gasteiger charge is -2.41. The minimum absolute atomic E-state index is 0.000664. The minimum Gasteiger partial charge on any atom is -0.121 e. The van der Waals surface area contributed by atoms with E-state index in [1.165, 1.54) is 0 Å². The normalized spacial score (nSPS) is 20.2. The van der Waals surface area contributed by atoms with E-state index in [4.69, 9.17) is 23.2 Å². The molecule has 0 fully saturated rings. The summed E-state index contributed by atoms with van der Waals surface area (Å²) < 4.78 is 0. The second-order valence-corrected chi connectivity index (χ2v) is 5.77. The quantitative estimate of drug-likeness (QED) is 0.603. The third-order valence-electron chi connectivity index (χ3n) is 2.95. The van der Waals surface area contributed by atoms with Crippen molar-refractivity contribution in [2.45, 2.75) is 57.7 Å². The van der Waals surface area contributed by atoms with Gasteiger partial charge in [-0.15, -0.1) is 23.2 Å². The van der Waals surface area contributed by atoms with Crippen molar-refractivity contribution in [3.63, 3.8) is 0 Å². The summed E-state index contributed by atoms with van der Waals surface area (Å²) >= 11 is 12.5. The maximum absolute atomic E-state index is 6.41. The van der Waals surface area contributed by atoms with Crippen LogP contribution in [-0.4, -0.2) is 10.3 Å². The van der Waals surface area contributed by atoms with Gasteiger partial charge in [-0.2, -0.15) is 0 Å². The molecule has 12 heavy (non-hydrogen) atoms. The maximum atomic E-state index is 6.41. The second-order valence-electron chi connectivity index (χ2n) is 4.33. The minimum atomic E-state index is -0.315. The Morgan fingerprint density at radius 3 is 1.92 bits per heavy atom. The summed E-state index contributed by atoms with van der Waals surface area (Å²) in [6, 6.07) is 0. The molecule has 0 spiro atoms. The molecule has 0 heterocycles. The lowest BCUT2D eigenvalue weighted by molar-refractivity contribution is 0.233. The van der Waals surface area contributed by atoms with Gasteiger partial charge in [0.05, 0.1) is 10.3 Å². The summed E-state index contributed by atoms with van der Waals surface area (Å²) in [6.07, 6.45) is 2.27. The van der Waals surface area contributed by atoms with Crippen molar-refractivity contribution in [1.82, 2.24) is 0 Å². The van der Waals surface area contributed by atoms with Crippen LogP contribution in [0.25, 0.3) is 0 Å². The average molecular weight is 211 g/mol. The maximum Gasteiger partial charge on any atom is 0.0629 e. The van der Waals surface area contributed by atoms with Crippen LogP contribution < -0.4 is 0 Å². The molecule has 0 amide bonds. The van der Waals surface area contributed by atoms with Crippen LogP contribution in [0.5, 0.6) is 0 Å². The van der Waals surface area contributed by atoms with Gasteiger partial charge >= 0.3 is 0 Å². The Bertz CT molecular complexity index is 137. The molecule has 0 aliphatic carbocycles. The van der Waals surface area contributed by atoms with Crippen LogP contribution in [0, 0.1) is 5.41 Å². The summed E-state index contributed by atoms with van der Waals surface area (Å²) in [6.45, 7) is 10.5. The van der Waals surface area contributed by atoms with Crippen molar-refractivity contribution in [3.8, 4) is 0 Å². The second kappa shape index (κ2) is 4.19. The average Bonchev–Trinajstić information content (AvgIpc) is 1.86. The number of alkyl halides is 2. The first-order chi connectivity index (χ1) is 5.25. The van der Waals surface area contributed by atoms with Crippen molar-refractivity contribution < 1.29 is 0 Å². The molecule has 0 N–H and O–H groups in total. The van der Waals surface area contributed by atoms with Gasteiger partial charge in [0.1, 0.15) is 0 Å². The molecule has 2 heteroatoms. The topological polar surface area (TPSA) is 0 Å². The van der Waals surface area contributed by atoms with Gasteiger partial charge in [0.2, 0.25) is 0 Å². The van der Waals surface area contributed by atoms with E-state index in [1.807, 2.05) is 13.8 Å². The SMILES string of the molecule is CCCC(C)(C)C(C)(Cl)C(C)Cl. The van der Waals surface area contributed by atoms with Gasteiger partial charge < -0.3 is 0 Å². The van der Waals surface area contributed by atoms with E-state index >= 15 is 0 Å². The zero-order chi connectivity index (χ0) is 9.99. The van der Waals surface area contributed by atoms with E-state index < -0.39 is 0 Å². The van der Waals surface area contributed by atoms with Crippen LogP contribution in [0.3, 0.4) is 0 Å². The highest BCUT2D eigenvalue weighted by molar-refractivity contribution is 6.32. The molecule has 0 rings (SSSR count). The first kappa shape index (κ1) is 12.6. The van der Waals surface area contributed by atoms with Crippen LogP contribution in [0.1, 0.15) is 47.5 Å². The first-order valence-electron chi connectivity index (χ1n) is 4.58. The van der Waals surface area contributed by atoms with Gasteiger partial charge in [-0.25, -0.2) is 0 Å². The van der Waals surface area contributed by atoms with E-state index in [0.29, 0.717) is 0 Å². The van der Waals surface area contributed by atoms with E-state index in [1.54, 1.807) is 0 Å². The summed E-state index contributed by atoms with van der Waals surface area (Å²) in [5.41, 5.74) is 0.102. The molecule has 0 aliphatic heterocycles. The van der Waals surface area contributed by atoms with Crippen molar-refractivity contribution in [3.05, 3.63) is 0 Å². The van der Waals surface area contributed by atoms with Crippen LogP contribution in [0.2, 0.25) is 0 Å². The van der Waals surface area contributed by atoms with Gasteiger partial charge in [-0.05, 0) is 25.7 Å². The summed E-state index contributed by atoms with van der Waals surface area (Å²) in [4.78, 5) is -0.315. The zero-order valence-electron chi connectivity index (χ0n) is 8.75. The van der Waals surface area contributed by atoms with Crippen molar-refractivity contribution in [2.75, 3.05) is 0 Å². The zero-order valence-corrected chi connectivity index (χ0v) is 10.3. The Balaban J connectivity index is 4.50. The molecule has 0 aromatic heterocycles. The van der Waals surface area contributed by atoms with Gasteiger partial charge in [0.15, 0.2) is 0 Å². The van der Waals surface area contributed by atoms with Crippen LogP contribution >= 0.6 is 23.2 Å². The fourth-order valence-electron chi connectivity index (χ4n) is 1.41. The smallest absolute Gasteiger partial charge is 0.0629 e. The highest BCUT2D eigenvalue weighted by Crippen LogP contribution is 2.44. The Hall–Kier alpha value is 0.580. The number of rotatable bonds is 4. The number of halogens is 2. The molecular formula is C10H20Cl2. The standard InChI is InChI=1S/C10H20Cl2/c1-6-7-9(3,4)10(5,12)8(2)11/h8H,6-7H2,1-5H3. The Labute approximate surface area is 86.6 Å². The molecule has 0 nitrogen and oxygen atoms in total. The molecule has 0 aliphatic rings. The fraction of sp³-hybridized carbons (Fsp3) is 1.00. The fourth-order valence-corrected chi connectivity index (χ4v) is 1.80. The molecule has 2 unspecified atom stereocenters. The van der Waals surface area contributed by atoms with Crippen molar-refractivity contribution >= 4 is 23.2 Å². The van der Waals surface area contributed by atoms with Crippen molar-refractivity contribution in [1.29, 1.82) is 0 Å². The molecular weight excluding hydrogens is 191 g/mol. The highest BCUT2D eigenvalue weighted by Gasteiger charge is 2.42. The predicted molar refractivity (Wildman–Crippen MR) is 58.3 cm³/mol. The lowest BCUT2D eigenvalue weighted by Crippen LogP contribution is -2.43. The molecule has 0 bridgehead atoms.